The number of aliphatic hydroxyl groups is 1. The van der Waals surface area contributed by atoms with E-state index in [1.807, 2.05) is 0 Å². The molecule has 17 nitrogen and oxygen atoms in total. The Hall–Kier alpha value is -2.46. The highest BCUT2D eigenvalue weighted by Gasteiger charge is 2.30. The third-order valence-electron chi connectivity index (χ3n) is 16.3. The van der Waals surface area contributed by atoms with Crippen LogP contribution >= 0.6 is 15.6 Å². The second-order valence-electron chi connectivity index (χ2n) is 25.2. The molecule has 530 valence electrons. The monoisotopic (exact) mass is 1320 g/mol. The molecular weight excluding hydrogens is 1190 g/mol. The number of hydrogen-bond acceptors (Lipinski definition) is 15. The van der Waals surface area contributed by atoms with E-state index in [0.29, 0.717) is 25.7 Å². The first kappa shape index (κ1) is 87.5. The summed E-state index contributed by atoms with van der Waals surface area (Å²) in [5, 5.41) is 10.6. The number of rotatable bonds is 69. The van der Waals surface area contributed by atoms with Crippen molar-refractivity contribution in [2.24, 2.45) is 5.92 Å². The van der Waals surface area contributed by atoms with E-state index >= 15 is 0 Å². The van der Waals surface area contributed by atoms with Gasteiger partial charge in [-0.1, -0.05) is 290 Å². The van der Waals surface area contributed by atoms with Gasteiger partial charge >= 0.3 is 39.5 Å². The summed E-state index contributed by atoms with van der Waals surface area (Å²) in [5.74, 6) is -1.35. The zero-order valence-electron chi connectivity index (χ0n) is 57.8. The topological polar surface area (TPSA) is 237 Å². The molecule has 0 aliphatic heterocycles. The summed E-state index contributed by atoms with van der Waals surface area (Å²) in [6.07, 6.45) is 53.5. The second kappa shape index (κ2) is 63.9. The SMILES string of the molecule is CCCCCC/C=C\C=C/CCCCCCCC(=O)O[C@H](COC(=O)CCCCCCCCCCCCC(C)CC)COP(=O)(O)OC[C@@H](O)COP(=O)(O)OC[C@@H](COC(=O)CCCCCCCCC)OC(=O)CCCCCCCCCCCCCCCC. The third-order valence-corrected chi connectivity index (χ3v) is 18.2. The molecular formula is C71H134O17P2. The van der Waals surface area contributed by atoms with Crippen LogP contribution in [0.25, 0.3) is 0 Å². The maximum Gasteiger partial charge on any atom is 0.472 e. The minimum absolute atomic E-state index is 0.0850. The lowest BCUT2D eigenvalue weighted by molar-refractivity contribution is -0.161. The van der Waals surface area contributed by atoms with Gasteiger partial charge in [-0.3, -0.25) is 37.3 Å². The summed E-state index contributed by atoms with van der Waals surface area (Å²) in [6, 6.07) is 0. The molecule has 0 aromatic rings. The molecule has 0 saturated heterocycles. The number of phosphoric acid groups is 2. The first-order valence-corrected chi connectivity index (χ1v) is 39.5. The first-order chi connectivity index (χ1) is 43.6. The predicted molar refractivity (Wildman–Crippen MR) is 363 cm³/mol. The average Bonchev–Trinajstić information content (AvgIpc) is 3.55. The van der Waals surface area contributed by atoms with E-state index in [9.17, 15) is 43.2 Å². The number of phosphoric ester groups is 2. The highest BCUT2D eigenvalue weighted by atomic mass is 31.2. The zero-order chi connectivity index (χ0) is 66.3. The van der Waals surface area contributed by atoms with Crippen molar-refractivity contribution in [3.8, 4) is 0 Å². The summed E-state index contributed by atoms with van der Waals surface area (Å²) < 4.78 is 68.2. The predicted octanol–water partition coefficient (Wildman–Crippen LogP) is 20.1. The number of hydrogen-bond donors (Lipinski definition) is 3. The van der Waals surface area contributed by atoms with Crippen LogP contribution in [0.5, 0.6) is 0 Å². The van der Waals surface area contributed by atoms with Crippen LogP contribution in [-0.2, 0) is 65.4 Å². The molecule has 3 N–H and O–H groups in total. The maximum atomic E-state index is 13.0. The average molecular weight is 1320 g/mol. The van der Waals surface area contributed by atoms with Crippen LogP contribution in [0, 0.1) is 5.92 Å². The molecule has 19 heteroatoms. The molecule has 6 atom stereocenters. The molecule has 0 radical (unpaired) electrons. The Kier molecular flexibility index (Phi) is 62.2. The Morgan fingerprint density at radius 3 is 0.944 bits per heavy atom. The van der Waals surface area contributed by atoms with Crippen molar-refractivity contribution in [2.45, 2.75) is 361 Å². The number of unbranched alkanes of at least 4 members (excludes halogenated alkanes) is 37. The largest absolute Gasteiger partial charge is 0.472 e. The van der Waals surface area contributed by atoms with Crippen molar-refractivity contribution in [2.75, 3.05) is 39.6 Å². The third kappa shape index (κ3) is 63.0. The molecule has 0 spiro atoms. The molecule has 0 aromatic heterocycles. The molecule has 0 bridgehead atoms. The van der Waals surface area contributed by atoms with Crippen molar-refractivity contribution in [3.05, 3.63) is 24.3 Å². The van der Waals surface area contributed by atoms with Crippen LogP contribution in [0.4, 0.5) is 0 Å². The van der Waals surface area contributed by atoms with Gasteiger partial charge in [-0.25, -0.2) is 9.13 Å². The van der Waals surface area contributed by atoms with Crippen molar-refractivity contribution in [3.63, 3.8) is 0 Å². The van der Waals surface area contributed by atoms with Gasteiger partial charge in [0.25, 0.3) is 0 Å². The van der Waals surface area contributed by atoms with Gasteiger partial charge in [-0.05, 0) is 57.3 Å². The van der Waals surface area contributed by atoms with E-state index in [0.717, 1.165) is 121 Å². The van der Waals surface area contributed by atoms with Gasteiger partial charge in [-0.2, -0.15) is 0 Å². The summed E-state index contributed by atoms with van der Waals surface area (Å²) in [5.41, 5.74) is 0. The number of carbonyl (C=O) groups is 4. The van der Waals surface area contributed by atoms with E-state index in [4.69, 9.17) is 37.0 Å². The van der Waals surface area contributed by atoms with Crippen LogP contribution in [0.1, 0.15) is 343 Å². The van der Waals surface area contributed by atoms with E-state index in [1.54, 1.807) is 0 Å². The second-order valence-corrected chi connectivity index (χ2v) is 28.1. The lowest BCUT2D eigenvalue weighted by atomic mass is 9.99. The molecule has 0 fully saturated rings. The van der Waals surface area contributed by atoms with Crippen LogP contribution in [0.15, 0.2) is 24.3 Å². The Morgan fingerprint density at radius 2 is 0.622 bits per heavy atom. The van der Waals surface area contributed by atoms with Gasteiger partial charge in [-0.15, -0.1) is 0 Å². The van der Waals surface area contributed by atoms with Crippen molar-refractivity contribution >= 4 is 39.5 Å². The maximum absolute atomic E-state index is 13.0. The summed E-state index contributed by atoms with van der Waals surface area (Å²) in [4.78, 5) is 72.4. The Bertz CT molecular complexity index is 1830. The fourth-order valence-corrected chi connectivity index (χ4v) is 11.8. The van der Waals surface area contributed by atoms with Crippen molar-refractivity contribution < 1.29 is 80.2 Å². The highest BCUT2D eigenvalue weighted by Crippen LogP contribution is 2.45. The number of ether oxygens (including phenoxy) is 4. The van der Waals surface area contributed by atoms with Crippen molar-refractivity contribution in [1.82, 2.24) is 0 Å². The number of esters is 4. The van der Waals surface area contributed by atoms with E-state index in [1.165, 1.54) is 141 Å². The normalized spacial score (nSPS) is 14.5. The molecule has 0 saturated carbocycles. The van der Waals surface area contributed by atoms with Crippen LogP contribution in [0.2, 0.25) is 0 Å². The molecule has 0 aliphatic carbocycles. The fourth-order valence-electron chi connectivity index (χ4n) is 10.2. The molecule has 0 amide bonds. The van der Waals surface area contributed by atoms with E-state index in [-0.39, 0.29) is 25.7 Å². The Balaban J connectivity index is 5.25. The van der Waals surface area contributed by atoms with Crippen molar-refractivity contribution in [1.29, 1.82) is 0 Å². The summed E-state index contributed by atoms with van der Waals surface area (Å²) >= 11 is 0. The lowest BCUT2D eigenvalue weighted by Crippen LogP contribution is -2.30. The smallest absolute Gasteiger partial charge is 0.462 e. The molecule has 90 heavy (non-hydrogen) atoms. The van der Waals surface area contributed by atoms with Crippen LogP contribution in [0.3, 0.4) is 0 Å². The standard InChI is InChI=1S/C71H134O17P2/c1-6-10-13-16-19-21-23-25-27-29-31-37-42-47-52-57-71(76)88-67(61-82-69(74)55-50-45-40-35-33-32-34-39-43-48-53-64(5)9-4)63-86-90(79,80)84-59-65(72)58-83-89(77,78)85-62-66(60-81-68(73)54-49-44-38-18-15-12-8-3)87-70(75)56-51-46-41-36-30-28-26-24-22-20-17-14-11-7-2/h21,23,25,27,64-67,72H,6-20,22,24,26,28-63H2,1-5H3,(H,77,78)(H,79,80)/b23-21-,27-25-/t64?,65-,66+,67+/m0/s1. The fraction of sp³-hybridized carbons (Fsp3) is 0.887. The summed E-state index contributed by atoms with van der Waals surface area (Å²) in [6.45, 7) is 7.18. The molecule has 0 aromatic carbocycles. The first-order valence-electron chi connectivity index (χ1n) is 36.5. The quantitative estimate of drug-likeness (QED) is 0.0169. The summed E-state index contributed by atoms with van der Waals surface area (Å²) in [7, 11) is -9.91. The number of carbonyl (C=O) groups excluding carboxylic acids is 4. The van der Waals surface area contributed by atoms with Crippen LogP contribution in [-0.4, -0.2) is 96.7 Å². The van der Waals surface area contributed by atoms with Gasteiger partial charge < -0.3 is 33.8 Å². The van der Waals surface area contributed by atoms with Gasteiger partial charge in [0.15, 0.2) is 12.2 Å². The highest BCUT2D eigenvalue weighted by molar-refractivity contribution is 7.47. The Labute approximate surface area is 548 Å². The lowest BCUT2D eigenvalue weighted by Gasteiger charge is -2.21. The number of allylic oxidation sites excluding steroid dienone is 4. The zero-order valence-corrected chi connectivity index (χ0v) is 59.5. The van der Waals surface area contributed by atoms with Gasteiger partial charge in [0.2, 0.25) is 0 Å². The minimum Gasteiger partial charge on any atom is -0.462 e. The van der Waals surface area contributed by atoms with Gasteiger partial charge in [0, 0.05) is 25.7 Å². The van der Waals surface area contributed by atoms with Gasteiger partial charge in [0.1, 0.15) is 19.3 Å². The molecule has 3 unspecified atom stereocenters. The minimum atomic E-state index is -4.96. The van der Waals surface area contributed by atoms with E-state index < -0.39 is 97.5 Å². The van der Waals surface area contributed by atoms with E-state index in [2.05, 4.69) is 58.9 Å². The molecule has 0 aliphatic rings. The van der Waals surface area contributed by atoms with Crippen LogP contribution < -0.4 is 0 Å². The number of aliphatic hydroxyl groups excluding tert-OH is 1. The molecule has 0 heterocycles. The molecule has 0 rings (SSSR count). The van der Waals surface area contributed by atoms with Gasteiger partial charge in [0.05, 0.1) is 26.4 Å². The Morgan fingerprint density at radius 1 is 0.356 bits per heavy atom.